The number of hydrogen-bond acceptors (Lipinski definition) is 4. The van der Waals surface area contributed by atoms with Crippen LogP contribution in [0.1, 0.15) is 0 Å². The number of benzene rings is 2. The van der Waals surface area contributed by atoms with Gasteiger partial charge in [-0.25, -0.2) is 0 Å². The highest BCUT2D eigenvalue weighted by molar-refractivity contribution is 14.1. The summed E-state index contributed by atoms with van der Waals surface area (Å²) in [6.07, 6.45) is 0. The van der Waals surface area contributed by atoms with Gasteiger partial charge in [0.15, 0.2) is 5.82 Å². The van der Waals surface area contributed by atoms with Crippen molar-refractivity contribution in [3.05, 3.63) is 52.1 Å². The molecule has 22 heavy (non-hydrogen) atoms. The van der Waals surface area contributed by atoms with Crippen molar-refractivity contribution in [1.29, 1.82) is 0 Å². The molecule has 0 amide bonds. The molecule has 4 aromatic rings. The van der Waals surface area contributed by atoms with Crippen LogP contribution in [0, 0.1) is 3.57 Å². The van der Waals surface area contributed by atoms with E-state index >= 15 is 0 Å². The second-order valence-electron chi connectivity index (χ2n) is 4.90. The average Bonchev–Trinajstić information content (AvgIpc) is 2.98. The first-order valence-electron chi connectivity index (χ1n) is 6.85. The zero-order valence-electron chi connectivity index (χ0n) is 11.8. The van der Waals surface area contributed by atoms with Crippen LogP contribution >= 0.6 is 22.6 Å². The van der Waals surface area contributed by atoms with Crippen molar-refractivity contribution in [2.45, 2.75) is 0 Å². The Labute approximate surface area is 140 Å². The Bertz CT molecular complexity index is 992. The summed E-state index contributed by atoms with van der Waals surface area (Å²) in [6, 6.07) is 16.3. The van der Waals surface area contributed by atoms with Gasteiger partial charge in [-0.3, -0.25) is 4.40 Å². The third-order valence-corrected chi connectivity index (χ3v) is 4.25. The summed E-state index contributed by atoms with van der Waals surface area (Å²) in [4.78, 5) is 4.57. The third-order valence-electron chi connectivity index (χ3n) is 3.58. The molecule has 0 saturated carbocycles. The molecule has 4 rings (SSSR count). The number of para-hydroxylation sites is 1. The van der Waals surface area contributed by atoms with Gasteiger partial charge in [-0.15, -0.1) is 10.2 Å². The molecule has 0 atom stereocenters. The molecule has 1 N–H and O–H groups in total. The first-order valence-corrected chi connectivity index (χ1v) is 7.93. The molecule has 2 heterocycles. The van der Waals surface area contributed by atoms with Crippen molar-refractivity contribution < 1.29 is 0 Å². The lowest BCUT2D eigenvalue weighted by molar-refractivity contribution is 1.10. The maximum atomic E-state index is 4.57. The van der Waals surface area contributed by atoms with E-state index in [4.69, 9.17) is 0 Å². The van der Waals surface area contributed by atoms with Gasteiger partial charge < -0.3 is 5.32 Å². The minimum atomic E-state index is 0.594. The van der Waals surface area contributed by atoms with Crippen molar-refractivity contribution in [3.8, 4) is 11.4 Å². The third kappa shape index (κ3) is 2.02. The topological polar surface area (TPSA) is 55.1 Å². The average molecular weight is 401 g/mol. The number of halogens is 1. The Hall–Kier alpha value is -2.22. The van der Waals surface area contributed by atoms with Crippen molar-refractivity contribution in [3.63, 3.8) is 0 Å². The van der Waals surface area contributed by atoms with Crippen LogP contribution in [0.15, 0.2) is 48.5 Å². The van der Waals surface area contributed by atoms with Crippen LogP contribution in [-0.2, 0) is 0 Å². The highest BCUT2D eigenvalue weighted by Crippen LogP contribution is 2.27. The van der Waals surface area contributed by atoms with E-state index in [0.717, 1.165) is 31.7 Å². The van der Waals surface area contributed by atoms with Crippen molar-refractivity contribution >= 4 is 45.1 Å². The fourth-order valence-electron chi connectivity index (χ4n) is 2.60. The number of rotatable bonds is 2. The van der Waals surface area contributed by atoms with Gasteiger partial charge >= 0.3 is 0 Å². The van der Waals surface area contributed by atoms with Crippen LogP contribution in [0.4, 0.5) is 5.82 Å². The van der Waals surface area contributed by atoms with Crippen LogP contribution in [0.5, 0.6) is 0 Å². The highest BCUT2D eigenvalue weighted by atomic mass is 127. The van der Waals surface area contributed by atoms with E-state index in [9.17, 15) is 0 Å². The lowest BCUT2D eigenvalue weighted by Gasteiger charge is -2.08. The summed E-state index contributed by atoms with van der Waals surface area (Å²) in [6.45, 7) is 0. The summed E-state index contributed by atoms with van der Waals surface area (Å²) in [5, 5.41) is 12.8. The van der Waals surface area contributed by atoms with Crippen LogP contribution in [0.2, 0.25) is 0 Å². The Morgan fingerprint density at radius 3 is 2.73 bits per heavy atom. The lowest BCUT2D eigenvalue weighted by Crippen LogP contribution is -2.00. The van der Waals surface area contributed by atoms with Crippen LogP contribution < -0.4 is 5.32 Å². The van der Waals surface area contributed by atoms with Gasteiger partial charge in [-0.05, 0) is 46.9 Å². The van der Waals surface area contributed by atoms with E-state index in [-0.39, 0.29) is 0 Å². The summed E-state index contributed by atoms with van der Waals surface area (Å²) in [7, 11) is 1.86. The van der Waals surface area contributed by atoms with Gasteiger partial charge in [0.25, 0.3) is 5.78 Å². The molecule has 5 nitrogen and oxygen atoms in total. The number of anilines is 1. The normalized spacial score (nSPS) is 11.2. The largest absolute Gasteiger partial charge is 0.372 e. The molecule has 0 saturated heterocycles. The summed E-state index contributed by atoms with van der Waals surface area (Å²) >= 11 is 2.30. The quantitative estimate of drug-likeness (QED) is 0.522. The van der Waals surface area contributed by atoms with Gasteiger partial charge in [-0.1, -0.05) is 24.3 Å². The summed E-state index contributed by atoms with van der Waals surface area (Å²) in [5.74, 6) is 2.21. The molecule has 0 radical (unpaired) electrons. The fourth-order valence-corrected chi connectivity index (χ4v) is 3.15. The Balaban J connectivity index is 2.12. The maximum Gasteiger partial charge on any atom is 0.257 e. The molecular weight excluding hydrogens is 389 g/mol. The minimum Gasteiger partial charge on any atom is -0.372 e. The molecule has 0 spiro atoms. The van der Waals surface area contributed by atoms with Crippen molar-refractivity contribution in [2.24, 2.45) is 0 Å². The van der Waals surface area contributed by atoms with Gasteiger partial charge in [0.05, 0.1) is 5.52 Å². The molecule has 0 aliphatic heterocycles. The van der Waals surface area contributed by atoms with E-state index in [0.29, 0.717) is 5.78 Å². The molecular formula is C16H12IN5. The van der Waals surface area contributed by atoms with E-state index < -0.39 is 0 Å². The number of hydrogen-bond donors (Lipinski definition) is 1. The molecule has 0 bridgehead atoms. The predicted molar refractivity (Wildman–Crippen MR) is 96.0 cm³/mol. The van der Waals surface area contributed by atoms with Crippen molar-refractivity contribution in [1.82, 2.24) is 19.6 Å². The zero-order chi connectivity index (χ0) is 15.1. The van der Waals surface area contributed by atoms with Gasteiger partial charge in [0, 0.05) is 21.6 Å². The first kappa shape index (κ1) is 13.4. The molecule has 108 valence electrons. The second-order valence-corrected chi connectivity index (χ2v) is 6.14. The Kier molecular flexibility index (Phi) is 3.18. The monoisotopic (exact) mass is 401 g/mol. The summed E-state index contributed by atoms with van der Waals surface area (Å²) < 4.78 is 3.16. The van der Waals surface area contributed by atoms with Crippen LogP contribution in [0.25, 0.3) is 28.1 Å². The van der Waals surface area contributed by atoms with Gasteiger partial charge in [0.1, 0.15) is 5.82 Å². The van der Waals surface area contributed by atoms with E-state index in [1.54, 1.807) is 0 Å². The second kappa shape index (κ2) is 5.20. The molecule has 0 unspecified atom stereocenters. The zero-order valence-corrected chi connectivity index (χ0v) is 13.9. The standard InChI is InChI=1S/C16H12IN5/c1-18-14-12-7-2-3-8-13(12)22-15(20-21-16(22)19-14)10-5-4-6-11(17)9-10/h2-9H,1H3,(H,18,19,21). The SMILES string of the molecule is CNc1nc2nnc(-c3cccc(I)c3)n2c2ccccc12. The number of aromatic nitrogens is 4. The molecule has 0 fully saturated rings. The number of fused-ring (bicyclic) bond motifs is 3. The molecule has 2 aromatic carbocycles. The number of nitrogens with zero attached hydrogens (tertiary/aromatic N) is 4. The highest BCUT2D eigenvalue weighted by Gasteiger charge is 2.14. The van der Waals surface area contributed by atoms with Crippen molar-refractivity contribution in [2.75, 3.05) is 12.4 Å². The molecule has 0 aliphatic rings. The van der Waals surface area contributed by atoms with Crippen LogP contribution in [-0.4, -0.2) is 26.6 Å². The molecule has 2 aromatic heterocycles. The Morgan fingerprint density at radius 1 is 1.05 bits per heavy atom. The van der Waals surface area contributed by atoms with Crippen LogP contribution in [0.3, 0.4) is 0 Å². The smallest absolute Gasteiger partial charge is 0.257 e. The van der Waals surface area contributed by atoms with E-state index in [2.05, 4.69) is 61.3 Å². The van der Waals surface area contributed by atoms with Gasteiger partial charge in [-0.2, -0.15) is 4.98 Å². The van der Waals surface area contributed by atoms with Gasteiger partial charge in [0.2, 0.25) is 0 Å². The predicted octanol–water partition coefficient (Wildman–Crippen LogP) is 3.59. The lowest BCUT2D eigenvalue weighted by atomic mass is 10.2. The van der Waals surface area contributed by atoms with E-state index in [1.807, 2.05) is 41.8 Å². The minimum absolute atomic E-state index is 0.594. The Morgan fingerprint density at radius 2 is 1.91 bits per heavy atom. The fraction of sp³-hybridized carbons (Fsp3) is 0.0625. The first-order chi connectivity index (χ1) is 10.8. The van der Waals surface area contributed by atoms with E-state index in [1.165, 1.54) is 0 Å². The number of nitrogens with one attached hydrogen (secondary N) is 1. The maximum absolute atomic E-state index is 4.57. The summed E-state index contributed by atoms with van der Waals surface area (Å²) in [5.41, 5.74) is 2.07. The molecule has 0 aliphatic carbocycles. The molecule has 6 heteroatoms.